The van der Waals surface area contributed by atoms with E-state index in [-0.39, 0.29) is 11.9 Å². The molecule has 1 heterocycles. The Morgan fingerprint density at radius 1 is 1.40 bits per heavy atom. The minimum Gasteiger partial charge on any atom is -0.497 e. The zero-order chi connectivity index (χ0) is 14.5. The molecule has 0 aliphatic carbocycles. The molecule has 5 nitrogen and oxygen atoms in total. The Kier molecular flexibility index (Phi) is 4.84. The van der Waals surface area contributed by atoms with Gasteiger partial charge in [-0.2, -0.15) is 0 Å². The van der Waals surface area contributed by atoms with Crippen molar-refractivity contribution in [3.05, 3.63) is 23.8 Å². The first kappa shape index (κ1) is 14.7. The molecule has 1 atom stereocenters. The van der Waals surface area contributed by atoms with Crippen molar-refractivity contribution in [3.8, 4) is 11.5 Å². The maximum Gasteiger partial charge on any atom is 0.257 e. The molecule has 1 aromatic carbocycles. The summed E-state index contributed by atoms with van der Waals surface area (Å²) in [6, 6.07) is 5.57. The molecule has 1 N–H and O–H groups in total. The zero-order valence-electron chi connectivity index (χ0n) is 12.3. The van der Waals surface area contributed by atoms with Crippen LogP contribution in [0.15, 0.2) is 18.2 Å². The summed E-state index contributed by atoms with van der Waals surface area (Å²) >= 11 is 0. The molecule has 110 valence electrons. The number of rotatable bonds is 5. The smallest absolute Gasteiger partial charge is 0.257 e. The minimum atomic E-state index is 0.0299. The summed E-state index contributed by atoms with van der Waals surface area (Å²) in [5.74, 6) is 1.28. The number of ether oxygens (including phenoxy) is 2. The third-order valence-corrected chi connectivity index (χ3v) is 3.72. The number of nitrogens with zero attached hydrogens (tertiary/aromatic N) is 1. The molecule has 0 spiro atoms. The first-order valence-electron chi connectivity index (χ1n) is 6.88. The van der Waals surface area contributed by atoms with Crippen LogP contribution < -0.4 is 14.8 Å². The van der Waals surface area contributed by atoms with Gasteiger partial charge in [-0.1, -0.05) is 0 Å². The van der Waals surface area contributed by atoms with Gasteiger partial charge >= 0.3 is 0 Å². The molecule has 1 unspecified atom stereocenters. The lowest BCUT2D eigenvalue weighted by Crippen LogP contribution is -2.40. The largest absolute Gasteiger partial charge is 0.497 e. The van der Waals surface area contributed by atoms with Crippen molar-refractivity contribution in [3.63, 3.8) is 0 Å². The predicted molar refractivity (Wildman–Crippen MR) is 77.5 cm³/mol. The van der Waals surface area contributed by atoms with Crippen LogP contribution in [0.1, 0.15) is 23.2 Å². The highest BCUT2D eigenvalue weighted by atomic mass is 16.5. The monoisotopic (exact) mass is 278 g/mol. The summed E-state index contributed by atoms with van der Waals surface area (Å²) in [6.07, 6.45) is 2.10. The molecular weight excluding hydrogens is 256 g/mol. The second-order valence-corrected chi connectivity index (χ2v) is 4.92. The van der Waals surface area contributed by atoms with Gasteiger partial charge in [0.05, 0.1) is 19.8 Å². The number of carbonyl (C=O) groups excluding carboxylic acids is 1. The van der Waals surface area contributed by atoms with Crippen LogP contribution in [-0.2, 0) is 0 Å². The van der Waals surface area contributed by atoms with Crippen molar-refractivity contribution in [2.75, 3.05) is 34.4 Å². The highest BCUT2D eigenvalue weighted by molar-refractivity contribution is 5.97. The van der Waals surface area contributed by atoms with Crippen LogP contribution in [0.2, 0.25) is 0 Å². The number of hydrogen-bond acceptors (Lipinski definition) is 4. The molecule has 0 aromatic heterocycles. The van der Waals surface area contributed by atoms with Gasteiger partial charge < -0.3 is 19.7 Å². The normalized spacial score (nSPS) is 18.1. The number of benzene rings is 1. The summed E-state index contributed by atoms with van der Waals surface area (Å²) in [6.45, 7) is 1.63. The van der Waals surface area contributed by atoms with E-state index in [0.29, 0.717) is 17.1 Å². The van der Waals surface area contributed by atoms with Crippen LogP contribution in [-0.4, -0.2) is 51.2 Å². The van der Waals surface area contributed by atoms with Crippen LogP contribution in [0, 0.1) is 0 Å². The maximum absolute atomic E-state index is 12.7. The molecule has 0 bridgehead atoms. The van der Waals surface area contributed by atoms with Crippen molar-refractivity contribution in [2.45, 2.75) is 18.9 Å². The third-order valence-electron chi connectivity index (χ3n) is 3.72. The number of methoxy groups -OCH3 is 2. The van der Waals surface area contributed by atoms with E-state index < -0.39 is 0 Å². The number of amides is 1. The first-order chi connectivity index (χ1) is 9.71. The highest BCUT2D eigenvalue weighted by Crippen LogP contribution is 2.28. The van der Waals surface area contributed by atoms with Gasteiger partial charge in [0.15, 0.2) is 0 Å². The number of nitrogens with one attached hydrogen (secondary N) is 1. The van der Waals surface area contributed by atoms with Gasteiger partial charge in [0.1, 0.15) is 11.5 Å². The first-order valence-corrected chi connectivity index (χ1v) is 6.88. The Labute approximate surface area is 119 Å². The molecule has 2 rings (SSSR count). The van der Waals surface area contributed by atoms with Gasteiger partial charge in [0, 0.05) is 25.2 Å². The van der Waals surface area contributed by atoms with Gasteiger partial charge in [0.25, 0.3) is 5.91 Å². The summed E-state index contributed by atoms with van der Waals surface area (Å²) in [5.41, 5.74) is 0.594. The van der Waals surface area contributed by atoms with Gasteiger partial charge in [-0.15, -0.1) is 0 Å². The average molecular weight is 278 g/mol. The van der Waals surface area contributed by atoms with E-state index in [4.69, 9.17) is 9.47 Å². The molecule has 0 saturated carbocycles. The van der Waals surface area contributed by atoms with Gasteiger partial charge in [-0.05, 0) is 32.0 Å². The Morgan fingerprint density at radius 3 is 2.85 bits per heavy atom. The Bertz CT molecular complexity index is 476. The minimum absolute atomic E-state index is 0.0299. The molecule has 1 aliphatic rings. The van der Waals surface area contributed by atoms with E-state index in [2.05, 4.69) is 5.32 Å². The van der Waals surface area contributed by atoms with Crippen molar-refractivity contribution >= 4 is 5.91 Å². The standard InChI is InChI=1S/C15H22N2O3/c1-16-10-11-5-4-8-17(11)15(18)13-7-6-12(19-2)9-14(13)20-3/h6-7,9,11,16H,4-5,8,10H2,1-3H3. The fourth-order valence-electron chi connectivity index (χ4n) is 2.68. The molecule has 5 heteroatoms. The lowest BCUT2D eigenvalue weighted by molar-refractivity contribution is 0.0733. The van der Waals surface area contributed by atoms with Crippen LogP contribution >= 0.6 is 0 Å². The molecule has 1 aliphatic heterocycles. The second kappa shape index (κ2) is 6.61. The lowest BCUT2D eigenvalue weighted by atomic mass is 10.1. The molecule has 1 saturated heterocycles. The van der Waals surface area contributed by atoms with Crippen molar-refractivity contribution in [1.29, 1.82) is 0 Å². The van der Waals surface area contributed by atoms with Crippen LogP contribution in [0.5, 0.6) is 11.5 Å². The zero-order valence-corrected chi connectivity index (χ0v) is 12.3. The van der Waals surface area contributed by atoms with Gasteiger partial charge in [-0.25, -0.2) is 0 Å². The average Bonchev–Trinajstić information content (AvgIpc) is 2.94. The third kappa shape index (κ3) is 2.88. The molecular formula is C15H22N2O3. The second-order valence-electron chi connectivity index (χ2n) is 4.92. The number of likely N-dealkylation sites (tertiary alicyclic amines) is 1. The number of carbonyl (C=O) groups is 1. The van der Waals surface area contributed by atoms with Crippen molar-refractivity contribution in [2.24, 2.45) is 0 Å². The summed E-state index contributed by atoms with van der Waals surface area (Å²) in [5, 5.41) is 3.15. The number of hydrogen-bond donors (Lipinski definition) is 1. The van der Waals surface area contributed by atoms with E-state index in [9.17, 15) is 4.79 Å². The van der Waals surface area contributed by atoms with E-state index >= 15 is 0 Å². The van der Waals surface area contributed by atoms with Crippen molar-refractivity contribution in [1.82, 2.24) is 10.2 Å². The molecule has 1 aromatic rings. The van der Waals surface area contributed by atoms with Gasteiger partial charge in [-0.3, -0.25) is 4.79 Å². The Hall–Kier alpha value is -1.75. The Morgan fingerprint density at radius 2 is 2.20 bits per heavy atom. The molecule has 20 heavy (non-hydrogen) atoms. The summed E-state index contributed by atoms with van der Waals surface area (Å²) < 4.78 is 10.5. The van der Waals surface area contributed by atoms with Crippen LogP contribution in [0.3, 0.4) is 0 Å². The quantitative estimate of drug-likeness (QED) is 0.887. The fraction of sp³-hybridized carbons (Fsp3) is 0.533. The maximum atomic E-state index is 12.7. The number of likely N-dealkylation sites (N-methyl/N-ethyl adjacent to an activating group) is 1. The molecule has 0 radical (unpaired) electrons. The SMILES string of the molecule is CNCC1CCCN1C(=O)c1ccc(OC)cc1OC. The highest BCUT2D eigenvalue weighted by Gasteiger charge is 2.30. The molecule has 1 amide bonds. The summed E-state index contributed by atoms with van der Waals surface area (Å²) in [4.78, 5) is 14.6. The van der Waals surface area contributed by atoms with Crippen LogP contribution in [0.25, 0.3) is 0 Å². The van der Waals surface area contributed by atoms with E-state index in [1.165, 1.54) is 0 Å². The lowest BCUT2D eigenvalue weighted by Gasteiger charge is -2.25. The fourth-order valence-corrected chi connectivity index (χ4v) is 2.68. The Balaban J connectivity index is 2.24. The van der Waals surface area contributed by atoms with Gasteiger partial charge in [0.2, 0.25) is 0 Å². The topological polar surface area (TPSA) is 50.8 Å². The van der Waals surface area contributed by atoms with E-state index in [0.717, 1.165) is 25.9 Å². The van der Waals surface area contributed by atoms with E-state index in [1.54, 1.807) is 32.4 Å². The molecule has 1 fully saturated rings. The summed E-state index contributed by atoms with van der Waals surface area (Å²) in [7, 11) is 5.08. The van der Waals surface area contributed by atoms with Crippen molar-refractivity contribution < 1.29 is 14.3 Å². The van der Waals surface area contributed by atoms with Crippen LogP contribution in [0.4, 0.5) is 0 Å². The predicted octanol–water partition coefficient (Wildman–Crippen LogP) is 1.53. The van der Waals surface area contributed by atoms with E-state index in [1.807, 2.05) is 11.9 Å².